The topological polar surface area (TPSA) is 54.0 Å². The third-order valence-corrected chi connectivity index (χ3v) is 4.73. The summed E-state index contributed by atoms with van der Waals surface area (Å²) in [5.74, 6) is 1.68. The van der Waals surface area contributed by atoms with E-state index >= 15 is 0 Å². The zero-order chi connectivity index (χ0) is 12.5. The van der Waals surface area contributed by atoms with Gasteiger partial charge in [-0.3, -0.25) is 4.57 Å². The van der Waals surface area contributed by atoms with Gasteiger partial charge in [0.1, 0.15) is 7.85 Å². The predicted molar refractivity (Wildman–Crippen MR) is 63.0 cm³/mol. The van der Waals surface area contributed by atoms with Crippen molar-refractivity contribution in [3.8, 4) is 0 Å². The van der Waals surface area contributed by atoms with Crippen LogP contribution in [0.4, 0.5) is 0 Å². The van der Waals surface area contributed by atoms with Gasteiger partial charge in [0.05, 0.1) is 18.8 Å². The van der Waals surface area contributed by atoms with Crippen LogP contribution >= 0.6 is 7.60 Å². The van der Waals surface area contributed by atoms with Gasteiger partial charge in [-0.05, 0) is 12.5 Å². The minimum absolute atomic E-state index is 0.0127. The normalized spacial score (nSPS) is 37.8. The van der Waals surface area contributed by atoms with Crippen molar-refractivity contribution in [3.05, 3.63) is 11.9 Å². The maximum Gasteiger partial charge on any atom is 0.353 e. The van der Waals surface area contributed by atoms with Crippen molar-refractivity contribution in [3.63, 3.8) is 0 Å². The Morgan fingerprint density at radius 3 is 2.76 bits per heavy atom. The fourth-order valence-corrected chi connectivity index (χ4v) is 2.88. The Hall–Kier alpha value is -0.125. The third-order valence-electron chi connectivity index (χ3n) is 3.17. The van der Waals surface area contributed by atoms with Crippen LogP contribution in [0.3, 0.4) is 0 Å². The van der Waals surface area contributed by atoms with Gasteiger partial charge >= 0.3 is 7.60 Å². The standard InChI is InChI=1S/C10H16BO5P/c1-13-17(12,14-2)4-3-8-7-5-9(15-6-7)10(11)16-8/h3-4,7-10H,5-6H2,1-2H3/b4-3+/t7-,8?,9-,10?/m1/s1. The maximum atomic E-state index is 11.8. The van der Waals surface area contributed by atoms with Crippen molar-refractivity contribution in [2.24, 2.45) is 5.92 Å². The molecule has 0 aliphatic carbocycles. The molecule has 2 saturated heterocycles. The Bertz CT molecular complexity index is 340. The van der Waals surface area contributed by atoms with Crippen molar-refractivity contribution >= 4 is 15.4 Å². The first-order chi connectivity index (χ1) is 8.08. The van der Waals surface area contributed by atoms with Crippen molar-refractivity contribution in [2.75, 3.05) is 20.8 Å². The lowest BCUT2D eigenvalue weighted by Crippen LogP contribution is -2.39. The molecule has 7 heteroatoms. The summed E-state index contributed by atoms with van der Waals surface area (Å²) in [7, 11) is 5.35. The quantitative estimate of drug-likeness (QED) is 0.561. The molecule has 94 valence electrons. The Morgan fingerprint density at radius 1 is 1.41 bits per heavy atom. The number of hydrogen-bond donors (Lipinski definition) is 0. The highest BCUT2D eigenvalue weighted by Gasteiger charge is 2.40. The van der Waals surface area contributed by atoms with Gasteiger partial charge in [0.25, 0.3) is 0 Å². The molecule has 2 aliphatic heterocycles. The molecule has 4 atom stereocenters. The maximum absolute atomic E-state index is 11.8. The summed E-state index contributed by atoms with van der Waals surface area (Å²) in [6, 6.07) is -0.423. The van der Waals surface area contributed by atoms with Gasteiger partial charge in [0, 0.05) is 32.0 Å². The monoisotopic (exact) mass is 258 g/mol. The SMILES string of the molecule is [B]C1OC(/C=C/P(=O)(OC)OC)[C@H]2CO[C@@H]1C2. The van der Waals surface area contributed by atoms with Crippen molar-refractivity contribution < 1.29 is 23.1 Å². The summed E-state index contributed by atoms with van der Waals surface area (Å²) < 4.78 is 32.5. The second-order valence-corrected chi connectivity index (χ2v) is 6.29. The van der Waals surface area contributed by atoms with Gasteiger partial charge in [0.2, 0.25) is 0 Å². The number of hydrogen-bond acceptors (Lipinski definition) is 5. The smallest absolute Gasteiger partial charge is 0.353 e. The lowest BCUT2D eigenvalue weighted by molar-refractivity contribution is -0.0365. The lowest BCUT2D eigenvalue weighted by Gasteiger charge is -2.31. The largest absolute Gasteiger partial charge is 0.378 e. The number of fused-ring (bicyclic) bond motifs is 2. The zero-order valence-corrected chi connectivity index (χ0v) is 10.8. The van der Waals surface area contributed by atoms with E-state index < -0.39 is 13.6 Å². The number of ether oxygens (including phenoxy) is 2. The minimum atomic E-state index is -3.13. The summed E-state index contributed by atoms with van der Waals surface area (Å²) >= 11 is 0. The molecule has 2 aliphatic rings. The van der Waals surface area contributed by atoms with Crippen LogP contribution in [0.1, 0.15) is 6.42 Å². The molecule has 2 heterocycles. The van der Waals surface area contributed by atoms with E-state index in [-0.39, 0.29) is 18.1 Å². The Morgan fingerprint density at radius 2 is 2.12 bits per heavy atom. The Balaban J connectivity index is 2.03. The van der Waals surface area contributed by atoms with Crippen LogP contribution in [-0.2, 0) is 23.1 Å². The summed E-state index contributed by atoms with van der Waals surface area (Å²) in [4.78, 5) is 0. The van der Waals surface area contributed by atoms with Gasteiger partial charge in [-0.1, -0.05) is 0 Å². The van der Waals surface area contributed by atoms with Crippen molar-refractivity contribution in [1.82, 2.24) is 0 Å². The molecular weight excluding hydrogens is 242 g/mol. The van der Waals surface area contributed by atoms with Crippen LogP contribution in [0, 0.1) is 5.92 Å². The van der Waals surface area contributed by atoms with Gasteiger partial charge in [-0.25, -0.2) is 0 Å². The minimum Gasteiger partial charge on any atom is -0.378 e. The molecular formula is C10H16BO5P. The van der Waals surface area contributed by atoms with Gasteiger partial charge in [-0.2, -0.15) is 0 Å². The van der Waals surface area contributed by atoms with E-state index in [4.69, 9.17) is 26.4 Å². The molecule has 2 radical (unpaired) electrons. The van der Waals surface area contributed by atoms with Crippen LogP contribution in [0.25, 0.3) is 0 Å². The zero-order valence-electron chi connectivity index (χ0n) is 9.94. The van der Waals surface area contributed by atoms with Crippen LogP contribution in [0.15, 0.2) is 11.9 Å². The average Bonchev–Trinajstić information content (AvgIpc) is 2.78. The number of rotatable bonds is 4. The molecule has 2 rings (SSSR count). The predicted octanol–water partition coefficient (Wildman–Crippen LogP) is 1.28. The molecule has 0 aromatic rings. The van der Waals surface area contributed by atoms with Crippen LogP contribution < -0.4 is 0 Å². The highest BCUT2D eigenvalue weighted by Crippen LogP contribution is 2.48. The van der Waals surface area contributed by atoms with E-state index in [1.807, 2.05) is 0 Å². The highest BCUT2D eigenvalue weighted by molar-refractivity contribution is 7.57. The van der Waals surface area contributed by atoms with Gasteiger partial charge < -0.3 is 18.5 Å². The first-order valence-electron chi connectivity index (χ1n) is 5.51. The first-order valence-corrected chi connectivity index (χ1v) is 7.12. The summed E-state index contributed by atoms with van der Waals surface area (Å²) in [6.07, 6.45) is 2.37. The van der Waals surface area contributed by atoms with Crippen molar-refractivity contribution in [1.29, 1.82) is 0 Å². The molecule has 2 unspecified atom stereocenters. The van der Waals surface area contributed by atoms with E-state index in [0.717, 1.165) is 6.42 Å². The van der Waals surface area contributed by atoms with Crippen LogP contribution in [0.2, 0.25) is 0 Å². The lowest BCUT2D eigenvalue weighted by atomic mass is 9.85. The van der Waals surface area contributed by atoms with Crippen LogP contribution in [-0.4, -0.2) is 46.9 Å². The average molecular weight is 258 g/mol. The molecule has 2 fully saturated rings. The molecule has 0 N–H and O–H groups in total. The Kier molecular flexibility index (Phi) is 4.11. The van der Waals surface area contributed by atoms with E-state index in [0.29, 0.717) is 6.61 Å². The molecule has 0 aromatic carbocycles. The summed E-state index contributed by atoms with van der Waals surface area (Å²) in [5.41, 5.74) is 0. The first kappa shape index (κ1) is 13.3. The highest BCUT2D eigenvalue weighted by atomic mass is 31.2. The third kappa shape index (κ3) is 2.83. The van der Waals surface area contributed by atoms with Crippen LogP contribution in [0.5, 0.6) is 0 Å². The molecule has 17 heavy (non-hydrogen) atoms. The molecule has 0 saturated carbocycles. The van der Waals surface area contributed by atoms with Crippen molar-refractivity contribution in [2.45, 2.75) is 24.6 Å². The molecule has 5 nitrogen and oxygen atoms in total. The summed E-state index contributed by atoms with van der Waals surface area (Å²) in [6.45, 7) is 0.623. The second-order valence-electron chi connectivity index (χ2n) is 4.18. The Labute approximate surface area is 102 Å². The molecule has 2 bridgehead atoms. The van der Waals surface area contributed by atoms with Gasteiger partial charge in [-0.15, -0.1) is 0 Å². The van der Waals surface area contributed by atoms with Gasteiger partial charge in [0.15, 0.2) is 0 Å². The molecule has 0 amide bonds. The molecule has 0 aromatic heterocycles. The van der Waals surface area contributed by atoms with E-state index in [2.05, 4.69) is 0 Å². The van der Waals surface area contributed by atoms with E-state index in [9.17, 15) is 4.57 Å². The fraction of sp³-hybridized carbons (Fsp3) is 0.800. The second kappa shape index (κ2) is 5.25. The fourth-order valence-electron chi connectivity index (χ4n) is 2.11. The molecule has 0 spiro atoms. The van der Waals surface area contributed by atoms with E-state index in [1.54, 1.807) is 6.08 Å². The van der Waals surface area contributed by atoms with E-state index in [1.165, 1.54) is 20.0 Å². The summed E-state index contributed by atoms with van der Waals surface area (Å²) in [5, 5.41) is 0.